The third-order valence-electron chi connectivity index (χ3n) is 6.24. The summed E-state index contributed by atoms with van der Waals surface area (Å²) in [5, 5.41) is 8.77. The molecule has 3 heteroatoms. The molecule has 0 bridgehead atoms. The number of hydrogen-bond donors (Lipinski definition) is 1. The summed E-state index contributed by atoms with van der Waals surface area (Å²) in [4.78, 5) is 15.7. The first kappa shape index (κ1) is 16.9. The van der Waals surface area contributed by atoms with E-state index < -0.39 is 5.41 Å². The van der Waals surface area contributed by atoms with Crippen LogP contribution in [0.25, 0.3) is 0 Å². The van der Waals surface area contributed by atoms with Crippen molar-refractivity contribution in [2.45, 2.75) is 30.7 Å². The second-order valence-electron chi connectivity index (χ2n) is 7.77. The standard InChI is InChI=1S/C25H22N2O/c26-23-17-25(20-11-3-1-4-12-20,21-13-5-2-6-14-21)24(28)27(23)22-15-18-9-7-8-10-19(18)16-22/h1-14,22,26H,15-17H2. The van der Waals surface area contributed by atoms with Gasteiger partial charge in [-0.2, -0.15) is 0 Å². The molecule has 0 aromatic heterocycles. The van der Waals surface area contributed by atoms with E-state index in [9.17, 15) is 4.79 Å². The number of carbonyl (C=O) groups is 1. The lowest BCUT2D eigenvalue weighted by atomic mass is 9.73. The Morgan fingerprint density at radius 2 is 1.21 bits per heavy atom. The van der Waals surface area contributed by atoms with Crippen LogP contribution in [-0.4, -0.2) is 22.7 Å². The van der Waals surface area contributed by atoms with Crippen molar-refractivity contribution in [3.05, 3.63) is 107 Å². The second kappa shape index (κ2) is 6.45. The predicted molar refractivity (Wildman–Crippen MR) is 110 cm³/mol. The van der Waals surface area contributed by atoms with Gasteiger partial charge in [-0.1, -0.05) is 84.9 Å². The minimum absolute atomic E-state index is 0.0340. The highest BCUT2D eigenvalue weighted by Gasteiger charge is 2.54. The normalized spacial score (nSPS) is 18.5. The van der Waals surface area contributed by atoms with Crippen molar-refractivity contribution in [1.29, 1.82) is 5.41 Å². The van der Waals surface area contributed by atoms with E-state index in [0.717, 1.165) is 24.0 Å². The molecule has 1 N–H and O–H groups in total. The molecule has 1 heterocycles. The SMILES string of the molecule is N=C1CC(c2ccccc2)(c2ccccc2)C(=O)N1C1Cc2ccccc2C1. The highest BCUT2D eigenvalue weighted by atomic mass is 16.2. The van der Waals surface area contributed by atoms with Crippen molar-refractivity contribution in [2.24, 2.45) is 0 Å². The number of carbonyl (C=O) groups excluding carboxylic acids is 1. The monoisotopic (exact) mass is 366 g/mol. The number of amidine groups is 1. The molecular weight excluding hydrogens is 344 g/mol. The van der Waals surface area contributed by atoms with E-state index in [4.69, 9.17) is 5.41 Å². The first-order valence-electron chi connectivity index (χ1n) is 9.79. The van der Waals surface area contributed by atoms with Gasteiger partial charge in [0.1, 0.15) is 11.3 Å². The summed E-state index contributed by atoms with van der Waals surface area (Å²) in [6.07, 6.45) is 2.06. The number of amides is 1. The van der Waals surface area contributed by atoms with Crippen LogP contribution in [0.3, 0.4) is 0 Å². The number of hydrogen-bond acceptors (Lipinski definition) is 2. The average molecular weight is 366 g/mol. The lowest BCUT2D eigenvalue weighted by Crippen LogP contribution is -2.45. The Balaban J connectivity index is 1.59. The smallest absolute Gasteiger partial charge is 0.243 e. The number of rotatable bonds is 3. The van der Waals surface area contributed by atoms with Crippen molar-refractivity contribution in [3.63, 3.8) is 0 Å². The molecule has 0 spiro atoms. The van der Waals surface area contributed by atoms with E-state index in [0.29, 0.717) is 12.3 Å². The van der Waals surface area contributed by atoms with Crippen molar-refractivity contribution in [2.75, 3.05) is 0 Å². The van der Waals surface area contributed by atoms with Gasteiger partial charge in [0.05, 0.1) is 0 Å². The molecule has 3 nitrogen and oxygen atoms in total. The van der Waals surface area contributed by atoms with Crippen LogP contribution in [0.2, 0.25) is 0 Å². The molecule has 0 saturated carbocycles. The number of likely N-dealkylation sites (tertiary alicyclic amines) is 1. The molecule has 1 fully saturated rings. The maximum atomic E-state index is 14.0. The predicted octanol–water partition coefficient (Wildman–Crippen LogP) is 4.35. The highest BCUT2D eigenvalue weighted by Crippen LogP contribution is 2.44. The summed E-state index contributed by atoms with van der Waals surface area (Å²) in [6.45, 7) is 0. The molecule has 3 aromatic carbocycles. The summed E-state index contributed by atoms with van der Waals surface area (Å²) in [5.41, 5.74) is 3.71. The molecule has 2 aliphatic rings. The Morgan fingerprint density at radius 1 is 0.750 bits per heavy atom. The number of benzene rings is 3. The third kappa shape index (κ3) is 2.43. The molecule has 1 aliphatic heterocycles. The molecular formula is C25H22N2O. The molecule has 28 heavy (non-hydrogen) atoms. The van der Waals surface area contributed by atoms with E-state index in [1.54, 1.807) is 4.90 Å². The van der Waals surface area contributed by atoms with Gasteiger partial charge in [0.2, 0.25) is 5.91 Å². The number of nitrogens with one attached hydrogen (secondary N) is 1. The fraction of sp³-hybridized carbons (Fsp3) is 0.200. The second-order valence-corrected chi connectivity index (χ2v) is 7.77. The Labute approximate surface area is 165 Å². The average Bonchev–Trinajstić information content (AvgIpc) is 3.27. The van der Waals surface area contributed by atoms with E-state index in [-0.39, 0.29) is 11.9 Å². The Morgan fingerprint density at radius 3 is 1.71 bits per heavy atom. The van der Waals surface area contributed by atoms with Crippen LogP contribution in [0, 0.1) is 5.41 Å². The van der Waals surface area contributed by atoms with Gasteiger partial charge < -0.3 is 0 Å². The molecule has 1 aliphatic carbocycles. The van der Waals surface area contributed by atoms with Crippen molar-refractivity contribution < 1.29 is 4.79 Å². The summed E-state index contributed by atoms with van der Waals surface area (Å²) in [5.74, 6) is 0.461. The van der Waals surface area contributed by atoms with Gasteiger partial charge in [0.15, 0.2) is 0 Å². The van der Waals surface area contributed by atoms with Crippen LogP contribution in [0.5, 0.6) is 0 Å². The fourth-order valence-corrected chi connectivity index (χ4v) is 4.91. The van der Waals surface area contributed by atoms with E-state index >= 15 is 0 Å². The summed E-state index contributed by atoms with van der Waals surface area (Å²) in [7, 11) is 0. The minimum Gasteiger partial charge on any atom is -0.296 e. The Bertz CT molecular complexity index is 978. The molecule has 0 radical (unpaired) electrons. The van der Waals surface area contributed by atoms with Gasteiger partial charge in [0, 0.05) is 12.5 Å². The van der Waals surface area contributed by atoms with Crippen LogP contribution >= 0.6 is 0 Å². The third-order valence-corrected chi connectivity index (χ3v) is 6.24. The van der Waals surface area contributed by atoms with E-state index in [2.05, 4.69) is 24.3 Å². The topological polar surface area (TPSA) is 44.2 Å². The number of nitrogens with zero attached hydrogens (tertiary/aromatic N) is 1. The fourth-order valence-electron chi connectivity index (χ4n) is 4.91. The summed E-state index contributed by atoms with van der Waals surface area (Å²) >= 11 is 0. The summed E-state index contributed by atoms with van der Waals surface area (Å²) in [6, 6.07) is 28.3. The zero-order valence-corrected chi connectivity index (χ0v) is 15.6. The van der Waals surface area contributed by atoms with Crippen LogP contribution in [0.4, 0.5) is 0 Å². The lowest BCUT2D eigenvalue weighted by Gasteiger charge is -2.30. The molecule has 1 amide bonds. The lowest BCUT2D eigenvalue weighted by molar-refractivity contribution is -0.131. The van der Waals surface area contributed by atoms with E-state index in [1.807, 2.05) is 60.7 Å². The zero-order chi connectivity index (χ0) is 19.1. The van der Waals surface area contributed by atoms with Crippen LogP contribution in [0.1, 0.15) is 28.7 Å². The van der Waals surface area contributed by atoms with Gasteiger partial charge in [0.25, 0.3) is 0 Å². The first-order valence-corrected chi connectivity index (χ1v) is 9.79. The molecule has 138 valence electrons. The molecule has 5 rings (SSSR count). The van der Waals surface area contributed by atoms with Crippen LogP contribution in [-0.2, 0) is 23.1 Å². The molecule has 0 unspecified atom stereocenters. The molecule has 1 saturated heterocycles. The van der Waals surface area contributed by atoms with Gasteiger partial charge in [-0.25, -0.2) is 0 Å². The van der Waals surface area contributed by atoms with Crippen LogP contribution < -0.4 is 0 Å². The minimum atomic E-state index is -0.811. The first-order chi connectivity index (χ1) is 13.7. The zero-order valence-electron chi connectivity index (χ0n) is 15.6. The summed E-state index contributed by atoms with van der Waals surface area (Å²) < 4.78 is 0. The Hall–Kier alpha value is -3.20. The van der Waals surface area contributed by atoms with Gasteiger partial charge in [-0.15, -0.1) is 0 Å². The van der Waals surface area contributed by atoms with Gasteiger partial charge >= 0.3 is 0 Å². The quantitative estimate of drug-likeness (QED) is 0.736. The largest absolute Gasteiger partial charge is 0.296 e. The van der Waals surface area contributed by atoms with Crippen molar-refractivity contribution in [1.82, 2.24) is 4.90 Å². The molecule has 0 atom stereocenters. The van der Waals surface area contributed by atoms with Gasteiger partial charge in [-0.05, 0) is 35.1 Å². The van der Waals surface area contributed by atoms with Gasteiger partial charge in [-0.3, -0.25) is 15.1 Å². The Kier molecular flexibility index (Phi) is 3.90. The molecule has 3 aromatic rings. The number of fused-ring (bicyclic) bond motifs is 1. The van der Waals surface area contributed by atoms with Crippen LogP contribution in [0.15, 0.2) is 84.9 Å². The van der Waals surface area contributed by atoms with Crippen molar-refractivity contribution in [3.8, 4) is 0 Å². The van der Waals surface area contributed by atoms with Crippen molar-refractivity contribution >= 4 is 11.7 Å². The highest BCUT2D eigenvalue weighted by molar-refractivity contribution is 6.12. The maximum absolute atomic E-state index is 14.0. The maximum Gasteiger partial charge on any atom is 0.243 e. The van der Waals surface area contributed by atoms with E-state index in [1.165, 1.54) is 11.1 Å².